The first-order chi connectivity index (χ1) is 7.81. The number of nitrogens with zero attached hydrogens (tertiary/aromatic N) is 3. The van der Waals surface area contributed by atoms with Crippen LogP contribution in [0.15, 0.2) is 12.4 Å². The maximum Gasteiger partial charge on any atom is 0.223 e. The Bertz CT molecular complexity index is 359. The number of rotatable bonds is 2. The van der Waals surface area contributed by atoms with Crippen molar-refractivity contribution in [2.24, 2.45) is 5.92 Å². The normalized spacial score (nSPS) is 32.7. The smallest absolute Gasteiger partial charge is 0.223 e. The van der Waals surface area contributed by atoms with Crippen molar-refractivity contribution in [3.05, 3.63) is 18.2 Å². The molecule has 1 unspecified atom stereocenters. The highest BCUT2D eigenvalue weighted by Gasteiger charge is 2.34. The fraction of sp³-hybridized carbons (Fsp3) is 0.636. The first-order valence-electron chi connectivity index (χ1n) is 5.78. The average Bonchev–Trinajstić information content (AvgIpc) is 2.34. The van der Waals surface area contributed by atoms with Crippen molar-refractivity contribution in [3.63, 3.8) is 0 Å². The quantitative estimate of drug-likeness (QED) is 0.814. The summed E-state index contributed by atoms with van der Waals surface area (Å²) in [7, 11) is 0. The lowest BCUT2D eigenvalue weighted by Crippen LogP contribution is -2.53. The van der Waals surface area contributed by atoms with Crippen LogP contribution in [0.25, 0.3) is 0 Å². The standard InChI is InChI=1S/C11H15FN4/c12-9-5-13-11(14-6-9)15-10-7-16-3-1-8(10)2-4-16/h5-6,8,10H,1-4,7H2,(H,13,14,15). The predicted molar refractivity (Wildman–Crippen MR) is 58.6 cm³/mol. The Morgan fingerprint density at radius 2 is 1.94 bits per heavy atom. The summed E-state index contributed by atoms with van der Waals surface area (Å²) in [6, 6.07) is 0.424. The summed E-state index contributed by atoms with van der Waals surface area (Å²) in [5.41, 5.74) is 0. The molecule has 16 heavy (non-hydrogen) atoms. The molecule has 4 heterocycles. The molecular formula is C11H15FN4. The van der Waals surface area contributed by atoms with E-state index in [4.69, 9.17) is 0 Å². The second-order valence-electron chi connectivity index (χ2n) is 4.61. The lowest BCUT2D eigenvalue weighted by Gasteiger charge is -2.44. The van der Waals surface area contributed by atoms with Gasteiger partial charge in [-0.2, -0.15) is 0 Å². The number of nitrogens with one attached hydrogen (secondary N) is 1. The molecule has 0 amide bonds. The fourth-order valence-corrected chi connectivity index (χ4v) is 2.68. The molecule has 4 nitrogen and oxygen atoms in total. The second kappa shape index (κ2) is 3.97. The van der Waals surface area contributed by atoms with Crippen molar-refractivity contribution in [2.45, 2.75) is 18.9 Å². The number of anilines is 1. The van der Waals surface area contributed by atoms with Gasteiger partial charge in [0.15, 0.2) is 5.82 Å². The molecule has 0 aromatic carbocycles. The van der Waals surface area contributed by atoms with Crippen LogP contribution in [-0.4, -0.2) is 40.5 Å². The Hall–Kier alpha value is -1.23. The van der Waals surface area contributed by atoms with E-state index in [-0.39, 0.29) is 5.82 Å². The minimum Gasteiger partial charge on any atom is -0.350 e. The monoisotopic (exact) mass is 222 g/mol. The molecule has 0 spiro atoms. The highest BCUT2D eigenvalue weighted by Crippen LogP contribution is 2.28. The molecule has 3 fully saturated rings. The highest BCUT2D eigenvalue weighted by atomic mass is 19.1. The van der Waals surface area contributed by atoms with Gasteiger partial charge in [-0.3, -0.25) is 0 Å². The molecule has 3 aliphatic rings. The second-order valence-corrected chi connectivity index (χ2v) is 4.61. The molecule has 0 radical (unpaired) electrons. The number of fused-ring (bicyclic) bond motifs is 3. The lowest BCUT2D eigenvalue weighted by molar-refractivity contribution is 0.0972. The van der Waals surface area contributed by atoms with E-state index in [9.17, 15) is 4.39 Å². The summed E-state index contributed by atoms with van der Waals surface area (Å²) < 4.78 is 12.7. The number of halogens is 1. The summed E-state index contributed by atoms with van der Waals surface area (Å²) in [4.78, 5) is 10.3. The Morgan fingerprint density at radius 1 is 1.25 bits per heavy atom. The van der Waals surface area contributed by atoms with Crippen LogP contribution >= 0.6 is 0 Å². The zero-order chi connectivity index (χ0) is 11.0. The van der Waals surface area contributed by atoms with Crippen LogP contribution in [-0.2, 0) is 0 Å². The molecule has 3 aliphatic heterocycles. The summed E-state index contributed by atoms with van der Waals surface area (Å²) in [5.74, 6) is 0.873. The molecule has 0 aliphatic carbocycles. The first kappa shape index (κ1) is 9.96. The van der Waals surface area contributed by atoms with Gasteiger partial charge in [0.25, 0.3) is 0 Å². The van der Waals surface area contributed by atoms with Gasteiger partial charge in [-0.1, -0.05) is 0 Å². The molecule has 1 atom stereocenters. The van der Waals surface area contributed by atoms with E-state index in [1.54, 1.807) is 0 Å². The van der Waals surface area contributed by atoms with Gasteiger partial charge in [-0.05, 0) is 31.8 Å². The van der Waals surface area contributed by atoms with Crippen molar-refractivity contribution < 1.29 is 4.39 Å². The third-order valence-electron chi connectivity index (χ3n) is 3.59. The van der Waals surface area contributed by atoms with Crippen molar-refractivity contribution in [2.75, 3.05) is 25.0 Å². The van der Waals surface area contributed by atoms with Crippen LogP contribution in [0.2, 0.25) is 0 Å². The molecule has 1 aromatic heterocycles. The van der Waals surface area contributed by atoms with Gasteiger partial charge in [-0.15, -0.1) is 0 Å². The number of piperidine rings is 3. The summed E-state index contributed by atoms with van der Waals surface area (Å²) in [5, 5.41) is 3.31. The zero-order valence-corrected chi connectivity index (χ0v) is 9.06. The van der Waals surface area contributed by atoms with Gasteiger partial charge in [0, 0.05) is 12.6 Å². The minimum atomic E-state index is -0.389. The van der Waals surface area contributed by atoms with Crippen LogP contribution < -0.4 is 5.32 Å². The molecule has 2 bridgehead atoms. The topological polar surface area (TPSA) is 41.1 Å². The summed E-state index contributed by atoms with van der Waals surface area (Å²) in [6.45, 7) is 3.49. The van der Waals surface area contributed by atoms with E-state index in [1.165, 1.54) is 38.3 Å². The minimum absolute atomic E-state index is 0.389. The molecular weight excluding hydrogens is 207 g/mol. The van der Waals surface area contributed by atoms with E-state index in [1.807, 2.05) is 0 Å². The fourth-order valence-electron chi connectivity index (χ4n) is 2.68. The maximum absolute atomic E-state index is 12.7. The van der Waals surface area contributed by atoms with Gasteiger partial charge in [-0.25, -0.2) is 14.4 Å². The van der Waals surface area contributed by atoms with Crippen LogP contribution in [0, 0.1) is 11.7 Å². The SMILES string of the molecule is Fc1cnc(NC2CN3CCC2CC3)nc1. The van der Waals surface area contributed by atoms with Gasteiger partial charge < -0.3 is 10.2 Å². The molecule has 4 rings (SSSR count). The molecule has 1 aromatic rings. The molecule has 86 valence electrons. The number of hydrogen-bond acceptors (Lipinski definition) is 4. The van der Waals surface area contributed by atoms with Crippen LogP contribution in [0.5, 0.6) is 0 Å². The van der Waals surface area contributed by atoms with Crippen LogP contribution in [0.1, 0.15) is 12.8 Å². The summed E-state index contributed by atoms with van der Waals surface area (Å²) >= 11 is 0. The number of hydrogen-bond donors (Lipinski definition) is 1. The van der Waals surface area contributed by atoms with Crippen molar-refractivity contribution in [1.82, 2.24) is 14.9 Å². The van der Waals surface area contributed by atoms with E-state index in [0.29, 0.717) is 12.0 Å². The van der Waals surface area contributed by atoms with Gasteiger partial charge in [0.05, 0.1) is 12.4 Å². The molecule has 5 heteroatoms. The van der Waals surface area contributed by atoms with Crippen LogP contribution in [0.3, 0.4) is 0 Å². The van der Waals surface area contributed by atoms with Crippen molar-refractivity contribution in [1.29, 1.82) is 0 Å². The first-order valence-corrected chi connectivity index (χ1v) is 5.78. The van der Waals surface area contributed by atoms with Crippen molar-refractivity contribution >= 4 is 5.95 Å². The zero-order valence-electron chi connectivity index (χ0n) is 9.06. The Balaban J connectivity index is 1.68. The molecule has 1 N–H and O–H groups in total. The van der Waals surface area contributed by atoms with Crippen LogP contribution in [0.4, 0.5) is 10.3 Å². The van der Waals surface area contributed by atoms with Gasteiger partial charge >= 0.3 is 0 Å². The lowest BCUT2D eigenvalue weighted by atomic mass is 9.84. The Morgan fingerprint density at radius 3 is 2.50 bits per heavy atom. The summed E-state index contributed by atoms with van der Waals surface area (Å²) in [6.07, 6.45) is 4.91. The number of aromatic nitrogens is 2. The van der Waals surface area contributed by atoms with E-state index in [2.05, 4.69) is 20.2 Å². The molecule has 3 saturated heterocycles. The average molecular weight is 222 g/mol. The third kappa shape index (κ3) is 1.87. The predicted octanol–water partition coefficient (Wildman–Crippen LogP) is 1.12. The Kier molecular flexibility index (Phi) is 2.47. The van der Waals surface area contributed by atoms with E-state index >= 15 is 0 Å². The molecule has 0 saturated carbocycles. The van der Waals surface area contributed by atoms with Gasteiger partial charge in [0.2, 0.25) is 5.95 Å². The third-order valence-corrected chi connectivity index (χ3v) is 3.59. The maximum atomic E-state index is 12.7. The van der Waals surface area contributed by atoms with Gasteiger partial charge in [0.1, 0.15) is 0 Å². The largest absolute Gasteiger partial charge is 0.350 e. The Labute approximate surface area is 93.9 Å². The highest BCUT2D eigenvalue weighted by molar-refractivity contribution is 5.26. The van der Waals surface area contributed by atoms with E-state index in [0.717, 1.165) is 12.5 Å². The van der Waals surface area contributed by atoms with E-state index < -0.39 is 0 Å². The van der Waals surface area contributed by atoms with Crippen molar-refractivity contribution in [3.8, 4) is 0 Å².